The Hall–Kier alpha value is -1.68. The molecule has 0 saturated heterocycles. The largest absolute Gasteiger partial charge is 0.496 e. The number of hydrogen-bond acceptors (Lipinski definition) is 3. The summed E-state index contributed by atoms with van der Waals surface area (Å²) in [7, 11) is 3.46. The molecule has 0 aliphatic rings. The van der Waals surface area contributed by atoms with Crippen LogP contribution in [-0.4, -0.2) is 16.9 Å². The van der Waals surface area contributed by atoms with E-state index in [1.54, 1.807) is 30.1 Å². The van der Waals surface area contributed by atoms with E-state index in [9.17, 15) is 0 Å². The Bertz CT molecular complexity index is 522. The molecule has 0 spiro atoms. The minimum Gasteiger partial charge on any atom is -0.496 e. The summed E-state index contributed by atoms with van der Waals surface area (Å²) in [5.74, 6) is 0.690. The molecule has 0 saturated carbocycles. The van der Waals surface area contributed by atoms with Crippen molar-refractivity contribution in [3.8, 4) is 16.9 Å². The first-order valence-electron chi connectivity index (χ1n) is 4.74. The highest BCUT2D eigenvalue weighted by Crippen LogP contribution is 2.35. The fourth-order valence-corrected chi connectivity index (χ4v) is 1.69. The maximum absolute atomic E-state index is 5.99. The standard InChI is InChI=1S/C11H12ClN3O/c1-15-6-7(5-14-15)8-3-9(12)10(13)4-11(8)16-2/h3-6H,13H2,1-2H3. The monoisotopic (exact) mass is 237 g/mol. The molecule has 0 amide bonds. The average molecular weight is 238 g/mol. The molecule has 1 aromatic heterocycles. The van der Waals surface area contributed by atoms with Gasteiger partial charge in [-0.15, -0.1) is 0 Å². The van der Waals surface area contributed by atoms with Crippen molar-refractivity contribution in [2.24, 2.45) is 7.05 Å². The molecule has 84 valence electrons. The van der Waals surface area contributed by atoms with Gasteiger partial charge in [0.15, 0.2) is 0 Å². The molecule has 0 atom stereocenters. The third-order valence-corrected chi connectivity index (χ3v) is 2.66. The summed E-state index contributed by atoms with van der Waals surface area (Å²) in [6.07, 6.45) is 3.65. The predicted octanol–water partition coefficient (Wildman–Crippen LogP) is 2.33. The first-order chi connectivity index (χ1) is 7.61. The minimum atomic E-state index is 0.506. The van der Waals surface area contributed by atoms with Crippen molar-refractivity contribution in [3.63, 3.8) is 0 Å². The summed E-state index contributed by atoms with van der Waals surface area (Å²) in [5, 5.41) is 4.62. The summed E-state index contributed by atoms with van der Waals surface area (Å²) in [6.45, 7) is 0. The highest BCUT2D eigenvalue weighted by Gasteiger charge is 2.10. The molecule has 2 aromatic rings. The van der Waals surface area contributed by atoms with E-state index in [2.05, 4.69) is 5.10 Å². The third-order valence-electron chi connectivity index (χ3n) is 2.33. The van der Waals surface area contributed by atoms with E-state index in [0.29, 0.717) is 16.5 Å². The number of methoxy groups -OCH3 is 1. The lowest BCUT2D eigenvalue weighted by atomic mass is 10.1. The fraction of sp³-hybridized carbons (Fsp3) is 0.182. The van der Waals surface area contributed by atoms with Crippen LogP contribution in [0.5, 0.6) is 5.75 Å². The number of ether oxygens (including phenoxy) is 1. The Kier molecular flexibility index (Phi) is 2.75. The lowest BCUT2D eigenvalue weighted by Crippen LogP contribution is -1.92. The van der Waals surface area contributed by atoms with Gasteiger partial charge in [0.05, 0.1) is 24.0 Å². The van der Waals surface area contributed by atoms with Gasteiger partial charge in [0.1, 0.15) is 5.75 Å². The second kappa shape index (κ2) is 4.06. The van der Waals surface area contributed by atoms with Gasteiger partial charge in [-0.1, -0.05) is 11.6 Å². The van der Waals surface area contributed by atoms with E-state index < -0.39 is 0 Å². The number of rotatable bonds is 2. The van der Waals surface area contributed by atoms with Crippen LogP contribution in [0.15, 0.2) is 24.5 Å². The van der Waals surface area contributed by atoms with E-state index in [0.717, 1.165) is 11.1 Å². The van der Waals surface area contributed by atoms with Gasteiger partial charge in [0, 0.05) is 30.4 Å². The van der Waals surface area contributed by atoms with E-state index in [-0.39, 0.29) is 0 Å². The number of nitrogens with zero attached hydrogens (tertiary/aromatic N) is 2. The van der Waals surface area contributed by atoms with Crippen LogP contribution in [0.2, 0.25) is 5.02 Å². The molecule has 0 radical (unpaired) electrons. The van der Waals surface area contributed by atoms with Gasteiger partial charge in [0.2, 0.25) is 0 Å². The number of anilines is 1. The molecule has 0 fully saturated rings. The molecule has 4 nitrogen and oxygen atoms in total. The van der Waals surface area contributed by atoms with Crippen molar-refractivity contribution >= 4 is 17.3 Å². The molecule has 0 aliphatic heterocycles. The number of aromatic nitrogens is 2. The number of nitrogen functional groups attached to an aromatic ring is 1. The molecule has 1 aromatic carbocycles. The molecular weight excluding hydrogens is 226 g/mol. The zero-order valence-corrected chi connectivity index (χ0v) is 9.82. The van der Waals surface area contributed by atoms with E-state index in [1.807, 2.05) is 13.2 Å². The summed E-state index contributed by atoms with van der Waals surface area (Å²) in [5.41, 5.74) is 8.05. The summed E-state index contributed by atoms with van der Waals surface area (Å²) in [6, 6.07) is 3.50. The van der Waals surface area contributed by atoms with Gasteiger partial charge < -0.3 is 10.5 Å². The maximum atomic E-state index is 5.99. The lowest BCUT2D eigenvalue weighted by Gasteiger charge is -2.09. The number of hydrogen-bond donors (Lipinski definition) is 1. The second-order valence-corrected chi connectivity index (χ2v) is 3.88. The third kappa shape index (κ3) is 1.84. The summed E-state index contributed by atoms with van der Waals surface area (Å²) < 4.78 is 6.99. The van der Waals surface area contributed by atoms with Gasteiger partial charge in [-0.2, -0.15) is 5.10 Å². The van der Waals surface area contributed by atoms with Crippen LogP contribution in [0.4, 0.5) is 5.69 Å². The smallest absolute Gasteiger partial charge is 0.128 e. The van der Waals surface area contributed by atoms with Crippen LogP contribution >= 0.6 is 11.6 Å². The number of benzene rings is 1. The molecule has 2 rings (SSSR count). The van der Waals surface area contributed by atoms with Crippen molar-refractivity contribution in [1.82, 2.24) is 9.78 Å². The molecule has 0 aliphatic carbocycles. The zero-order valence-electron chi connectivity index (χ0n) is 9.07. The van der Waals surface area contributed by atoms with Gasteiger partial charge >= 0.3 is 0 Å². The second-order valence-electron chi connectivity index (χ2n) is 3.48. The van der Waals surface area contributed by atoms with Crippen molar-refractivity contribution in [1.29, 1.82) is 0 Å². The molecule has 2 N–H and O–H groups in total. The SMILES string of the molecule is COc1cc(N)c(Cl)cc1-c1cnn(C)c1. The molecule has 1 heterocycles. The van der Waals surface area contributed by atoms with Crippen LogP contribution < -0.4 is 10.5 Å². The fourth-order valence-electron chi connectivity index (χ4n) is 1.52. The zero-order chi connectivity index (χ0) is 11.7. The highest BCUT2D eigenvalue weighted by atomic mass is 35.5. The molecule has 16 heavy (non-hydrogen) atoms. The van der Waals surface area contributed by atoms with Crippen LogP contribution in [0.1, 0.15) is 0 Å². The van der Waals surface area contributed by atoms with Gasteiger partial charge in [-0.25, -0.2) is 0 Å². The molecule has 5 heteroatoms. The van der Waals surface area contributed by atoms with E-state index in [4.69, 9.17) is 22.1 Å². The van der Waals surface area contributed by atoms with Crippen molar-refractivity contribution in [2.45, 2.75) is 0 Å². The van der Waals surface area contributed by atoms with Crippen LogP contribution in [0.3, 0.4) is 0 Å². The Morgan fingerprint density at radius 2 is 2.19 bits per heavy atom. The molecule has 0 unspecified atom stereocenters. The maximum Gasteiger partial charge on any atom is 0.128 e. The summed E-state index contributed by atoms with van der Waals surface area (Å²) in [4.78, 5) is 0. The average Bonchev–Trinajstić information content (AvgIpc) is 2.68. The number of nitrogens with two attached hydrogens (primary N) is 1. The quantitative estimate of drug-likeness (QED) is 0.816. The van der Waals surface area contributed by atoms with Gasteiger partial charge in [-0.3, -0.25) is 4.68 Å². The van der Waals surface area contributed by atoms with Crippen molar-refractivity contribution in [2.75, 3.05) is 12.8 Å². The van der Waals surface area contributed by atoms with Gasteiger partial charge in [0.25, 0.3) is 0 Å². The van der Waals surface area contributed by atoms with Crippen molar-refractivity contribution in [3.05, 3.63) is 29.5 Å². The Labute approximate surface area is 98.6 Å². The Morgan fingerprint density at radius 1 is 1.44 bits per heavy atom. The highest BCUT2D eigenvalue weighted by molar-refractivity contribution is 6.33. The molecule has 0 bridgehead atoms. The Balaban J connectivity index is 2.59. The topological polar surface area (TPSA) is 53.1 Å². The first-order valence-corrected chi connectivity index (χ1v) is 5.11. The number of halogens is 1. The predicted molar refractivity (Wildman–Crippen MR) is 64.6 cm³/mol. The first kappa shape index (κ1) is 10.8. The van der Waals surface area contributed by atoms with Gasteiger partial charge in [-0.05, 0) is 6.07 Å². The minimum absolute atomic E-state index is 0.506. The van der Waals surface area contributed by atoms with Crippen LogP contribution in [0, 0.1) is 0 Å². The van der Waals surface area contributed by atoms with E-state index in [1.165, 1.54) is 0 Å². The normalized spacial score (nSPS) is 10.4. The molecular formula is C11H12ClN3O. The van der Waals surface area contributed by atoms with E-state index >= 15 is 0 Å². The van der Waals surface area contributed by atoms with Crippen LogP contribution in [0.25, 0.3) is 11.1 Å². The van der Waals surface area contributed by atoms with Crippen molar-refractivity contribution < 1.29 is 4.74 Å². The van der Waals surface area contributed by atoms with Crippen LogP contribution in [-0.2, 0) is 7.05 Å². The number of aryl methyl sites for hydroxylation is 1. The lowest BCUT2D eigenvalue weighted by molar-refractivity contribution is 0.416. The Morgan fingerprint density at radius 3 is 2.75 bits per heavy atom. The summed E-state index contributed by atoms with van der Waals surface area (Å²) >= 11 is 5.99.